The third kappa shape index (κ3) is 4.37. The highest BCUT2D eigenvalue weighted by atomic mass is 16.5. The molecule has 0 aliphatic rings. The van der Waals surface area contributed by atoms with Crippen molar-refractivity contribution >= 4 is 5.91 Å². The van der Waals surface area contributed by atoms with Gasteiger partial charge in [0, 0.05) is 19.5 Å². The average Bonchev–Trinajstić information content (AvgIpc) is 2.36. The lowest BCUT2D eigenvalue weighted by Gasteiger charge is -2.20. The van der Waals surface area contributed by atoms with E-state index >= 15 is 0 Å². The Balaban J connectivity index is 2.35. The minimum Gasteiger partial charge on any atom is -0.492 e. The molecule has 0 saturated carbocycles. The molecule has 1 rings (SSSR count). The Bertz CT molecular complexity index is 393. The van der Waals surface area contributed by atoms with Crippen LogP contribution in [0.1, 0.15) is 12.5 Å². The fourth-order valence-corrected chi connectivity index (χ4v) is 1.59. The zero-order valence-corrected chi connectivity index (χ0v) is 11.3. The zero-order valence-electron chi connectivity index (χ0n) is 11.3. The molecule has 1 aromatic carbocycles. The number of likely N-dealkylation sites (N-methyl/N-ethyl adjacent to an activating group) is 1. The average molecular weight is 250 g/mol. The van der Waals surface area contributed by atoms with E-state index < -0.39 is 0 Å². The molecule has 0 aromatic heterocycles. The molecule has 1 amide bonds. The predicted octanol–water partition coefficient (Wildman–Crippen LogP) is 1.43. The maximum atomic E-state index is 11.8. The van der Waals surface area contributed by atoms with Gasteiger partial charge in [-0.05, 0) is 24.6 Å². The van der Waals surface area contributed by atoms with Crippen molar-refractivity contribution in [1.82, 2.24) is 4.90 Å². The Morgan fingerprint density at radius 2 is 2.22 bits per heavy atom. The van der Waals surface area contributed by atoms with Crippen LogP contribution >= 0.6 is 0 Å². The van der Waals surface area contributed by atoms with Crippen LogP contribution in [0.2, 0.25) is 0 Å². The van der Waals surface area contributed by atoms with E-state index in [1.165, 1.54) is 0 Å². The normalized spacial score (nSPS) is 12.0. The van der Waals surface area contributed by atoms with Gasteiger partial charge in [-0.2, -0.15) is 0 Å². The highest BCUT2D eigenvalue weighted by Gasteiger charge is 2.15. The van der Waals surface area contributed by atoms with Crippen LogP contribution in [0.5, 0.6) is 5.75 Å². The highest BCUT2D eigenvalue weighted by molar-refractivity contribution is 5.78. The summed E-state index contributed by atoms with van der Waals surface area (Å²) in [5.74, 6) is 0.766. The van der Waals surface area contributed by atoms with E-state index in [9.17, 15) is 4.79 Å². The highest BCUT2D eigenvalue weighted by Crippen LogP contribution is 2.12. The molecule has 0 saturated heterocycles. The van der Waals surface area contributed by atoms with Crippen molar-refractivity contribution in [3.8, 4) is 5.75 Å². The van der Waals surface area contributed by atoms with Crippen LogP contribution in [0.3, 0.4) is 0 Å². The summed E-state index contributed by atoms with van der Waals surface area (Å²) in [6.45, 7) is 5.29. The summed E-state index contributed by atoms with van der Waals surface area (Å²) in [6, 6.07) is 7.86. The Kier molecular flexibility index (Phi) is 5.65. The van der Waals surface area contributed by atoms with Crippen LogP contribution in [0.15, 0.2) is 24.3 Å². The minimum atomic E-state index is -0.131. The lowest BCUT2D eigenvalue weighted by atomic mass is 10.1. The zero-order chi connectivity index (χ0) is 13.5. The van der Waals surface area contributed by atoms with Gasteiger partial charge < -0.3 is 15.4 Å². The van der Waals surface area contributed by atoms with Crippen molar-refractivity contribution in [1.29, 1.82) is 0 Å². The summed E-state index contributed by atoms with van der Waals surface area (Å²) in [5, 5.41) is 0. The van der Waals surface area contributed by atoms with Crippen molar-refractivity contribution < 1.29 is 9.53 Å². The Morgan fingerprint density at radius 1 is 1.50 bits per heavy atom. The molecule has 18 heavy (non-hydrogen) atoms. The number of hydrogen-bond donors (Lipinski definition) is 1. The van der Waals surface area contributed by atoms with Crippen LogP contribution in [-0.2, 0) is 4.79 Å². The van der Waals surface area contributed by atoms with Gasteiger partial charge in [0.25, 0.3) is 0 Å². The van der Waals surface area contributed by atoms with Gasteiger partial charge in [0.15, 0.2) is 0 Å². The van der Waals surface area contributed by atoms with Crippen molar-refractivity contribution in [3.63, 3.8) is 0 Å². The molecular formula is C14H22N2O2. The van der Waals surface area contributed by atoms with Gasteiger partial charge in [-0.25, -0.2) is 0 Å². The van der Waals surface area contributed by atoms with Crippen LogP contribution in [0.4, 0.5) is 0 Å². The van der Waals surface area contributed by atoms with E-state index in [-0.39, 0.29) is 11.8 Å². The number of ether oxygens (including phenoxy) is 1. The third-order valence-electron chi connectivity index (χ3n) is 2.84. The molecule has 4 nitrogen and oxygen atoms in total. The summed E-state index contributed by atoms with van der Waals surface area (Å²) in [5.41, 5.74) is 6.63. The molecule has 0 heterocycles. The fourth-order valence-electron chi connectivity index (χ4n) is 1.59. The topological polar surface area (TPSA) is 55.6 Å². The number of hydrogen-bond acceptors (Lipinski definition) is 3. The van der Waals surface area contributed by atoms with Gasteiger partial charge in [0.05, 0.1) is 6.54 Å². The van der Waals surface area contributed by atoms with Crippen LogP contribution in [0.25, 0.3) is 0 Å². The first-order chi connectivity index (χ1) is 8.54. The van der Waals surface area contributed by atoms with E-state index in [0.717, 1.165) is 11.3 Å². The quantitative estimate of drug-likeness (QED) is 0.831. The van der Waals surface area contributed by atoms with Crippen molar-refractivity contribution in [2.45, 2.75) is 13.8 Å². The molecule has 0 bridgehead atoms. The molecule has 1 aromatic rings. The summed E-state index contributed by atoms with van der Waals surface area (Å²) >= 11 is 0. The van der Waals surface area contributed by atoms with E-state index in [4.69, 9.17) is 10.5 Å². The molecular weight excluding hydrogens is 228 g/mol. The number of carbonyl (C=O) groups is 1. The molecule has 0 aliphatic carbocycles. The number of aryl methyl sites for hydroxylation is 1. The molecule has 100 valence electrons. The van der Waals surface area contributed by atoms with Gasteiger partial charge in [-0.1, -0.05) is 19.1 Å². The molecule has 0 fully saturated rings. The first-order valence-electron chi connectivity index (χ1n) is 6.19. The molecule has 1 unspecified atom stereocenters. The number of carbonyl (C=O) groups excluding carboxylic acids is 1. The Hall–Kier alpha value is -1.55. The van der Waals surface area contributed by atoms with E-state index in [1.54, 1.807) is 11.9 Å². The first-order valence-corrected chi connectivity index (χ1v) is 6.19. The largest absolute Gasteiger partial charge is 0.492 e. The number of rotatable bonds is 6. The van der Waals surface area contributed by atoms with Crippen molar-refractivity contribution in [3.05, 3.63) is 29.8 Å². The van der Waals surface area contributed by atoms with Crippen molar-refractivity contribution in [2.24, 2.45) is 11.7 Å². The SMILES string of the molecule is Cc1cccc(OCCN(C)C(=O)C(C)CN)c1. The molecule has 0 spiro atoms. The minimum absolute atomic E-state index is 0.0605. The maximum absolute atomic E-state index is 11.8. The number of nitrogens with two attached hydrogens (primary N) is 1. The van der Waals surface area contributed by atoms with Crippen LogP contribution in [-0.4, -0.2) is 37.6 Å². The molecule has 4 heteroatoms. The van der Waals surface area contributed by atoms with Gasteiger partial charge in [-0.3, -0.25) is 4.79 Å². The second-order valence-electron chi connectivity index (χ2n) is 4.56. The molecule has 2 N–H and O–H groups in total. The second kappa shape index (κ2) is 7.01. The van der Waals surface area contributed by atoms with E-state index in [1.807, 2.05) is 38.1 Å². The molecule has 1 atom stereocenters. The van der Waals surface area contributed by atoms with Gasteiger partial charge >= 0.3 is 0 Å². The number of amides is 1. The summed E-state index contributed by atoms with van der Waals surface area (Å²) in [7, 11) is 1.77. The Morgan fingerprint density at radius 3 is 2.83 bits per heavy atom. The summed E-state index contributed by atoms with van der Waals surface area (Å²) in [4.78, 5) is 13.4. The van der Waals surface area contributed by atoms with Crippen molar-refractivity contribution in [2.75, 3.05) is 26.7 Å². The van der Waals surface area contributed by atoms with Gasteiger partial charge in [-0.15, -0.1) is 0 Å². The Labute approximate surface area is 109 Å². The van der Waals surface area contributed by atoms with Crippen LogP contribution in [0, 0.1) is 12.8 Å². The predicted molar refractivity (Wildman–Crippen MR) is 72.5 cm³/mol. The van der Waals surface area contributed by atoms with Gasteiger partial charge in [0.1, 0.15) is 12.4 Å². The maximum Gasteiger partial charge on any atom is 0.226 e. The lowest BCUT2D eigenvalue weighted by molar-refractivity contribution is -0.133. The second-order valence-corrected chi connectivity index (χ2v) is 4.56. The number of benzene rings is 1. The lowest BCUT2D eigenvalue weighted by Crippen LogP contribution is -2.37. The summed E-state index contributed by atoms with van der Waals surface area (Å²) < 4.78 is 5.60. The third-order valence-corrected chi connectivity index (χ3v) is 2.84. The van der Waals surface area contributed by atoms with E-state index in [2.05, 4.69) is 0 Å². The van der Waals surface area contributed by atoms with Crippen LogP contribution < -0.4 is 10.5 Å². The smallest absolute Gasteiger partial charge is 0.226 e. The fraction of sp³-hybridized carbons (Fsp3) is 0.500. The first kappa shape index (κ1) is 14.5. The monoisotopic (exact) mass is 250 g/mol. The number of nitrogens with zero attached hydrogens (tertiary/aromatic N) is 1. The van der Waals surface area contributed by atoms with E-state index in [0.29, 0.717) is 19.7 Å². The van der Waals surface area contributed by atoms with Gasteiger partial charge in [0.2, 0.25) is 5.91 Å². The summed E-state index contributed by atoms with van der Waals surface area (Å²) in [6.07, 6.45) is 0. The standard InChI is InChI=1S/C14H22N2O2/c1-11-5-4-6-13(9-11)18-8-7-16(3)14(17)12(2)10-15/h4-6,9,12H,7-8,10,15H2,1-3H3. The molecule has 0 aliphatic heterocycles. The molecule has 0 radical (unpaired) electrons.